The molecule has 0 saturated carbocycles. The maximum atomic E-state index is 12.7. The molecule has 0 N–H and O–H groups in total. The van der Waals surface area contributed by atoms with Crippen LogP contribution in [0.25, 0.3) is 0 Å². The van der Waals surface area contributed by atoms with Gasteiger partial charge in [0.05, 0.1) is 13.7 Å². The summed E-state index contributed by atoms with van der Waals surface area (Å²) in [7, 11) is 1.60. The van der Waals surface area contributed by atoms with E-state index in [-0.39, 0.29) is 5.91 Å². The SMILES string of the molecule is COc1cccc2c1O[C@@H](C)C(=O)N(c1cccc(Br)c1)C2. The molecule has 1 aliphatic rings. The van der Waals surface area contributed by atoms with Gasteiger partial charge in [-0.25, -0.2) is 0 Å². The molecule has 0 radical (unpaired) electrons. The van der Waals surface area contributed by atoms with Crippen molar-refractivity contribution in [1.29, 1.82) is 0 Å². The van der Waals surface area contributed by atoms with Gasteiger partial charge in [-0.1, -0.05) is 34.1 Å². The Kier molecular flexibility index (Phi) is 4.07. The first-order valence-corrected chi connectivity index (χ1v) is 7.79. The van der Waals surface area contributed by atoms with Crippen LogP contribution in [0, 0.1) is 0 Å². The van der Waals surface area contributed by atoms with Gasteiger partial charge in [-0.05, 0) is 31.2 Å². The quantitative estimate of drug-likeness (QED) is 0.816. The minimum absolute atomic E-state index is 0.0728. The Morgan fingerprint density at radius 2 is 2.05 bits per heavy atom. The number of carbonyl (C=O) groups excluding carboxylic acids is 1. The number of ether oxygens (including phenoxy) is 2. The topological polar surface area (TPSA) is 38.8 Å². The van der Waals surface area contributed by atoms with Crippen LogP contribution in [0.1, 0.15) is 12.5 Å². The highest BCUT2D eigenvalue weighted by Gasteiger charge is 2.30. The molecule has 114 valence electrons. The van der Waals surface area contributed by atoms with Crippen molar-refractivity contribution in [2.24, 2.45) is 0 Å². The minimum atomic E-state index is -0.573. The summed E-state index contributed by atoms with van der Waals surface area (Å²) < 4.78 is 12.1. The zero-order valence-electron chi connectivity index (χ0n) is 12.4. The Morgan fingerprint density at radius 1 is 1.27 bits per heavy atom. The van der Waals surface area contributed by atoms with Crippen LogP contribution >= 0.6 is 15.9 Å². The number of methoxy groups -OCH3 is 1. The third kappa shape index (κ3) is 2.68. The molecule has 0 aliphatic carbocycles. The van der Waals surface area contributed by atoms with Crippen LogP contribution in [-0.2, 0) is 11.3 Å². The first kappa shape index (κ1) is 14.9. The molecular weight excluding hydrogens is 346 g/mol. The van der Waals surface area contributed by atoms with Crippen molar-refractivity contribution in [3.8, 4) is 11.5 Å². The van der Waals surface area contributed by atoms with Crippen molar-refractivity contribution in [2.45, 2.75) is 19.6 Å². The van der Waals surface area contributed by atoms with E-state index in [9.17, 15) is 4.79 Å². The molecule has 5 heteroatoms. The van der Waals surface area contributed by atoms with Crippen molar-refractivity contribution in [1.82, 2.24) is 0 Å². The highest BCUT2D eigenvalue weighted by atomic mass is 79.9. The van der Waals surface area contributed by atoms with Gasteiger partial charge in [0.1, 0.15) is 0 Å². The molecule has 2 aromatic carbocycles. The molecular formula is C17H16BrNO3. The molecule has 0 saturated heterocycles. The number of fused-ring (bicyclic) bond motifs is 1. The fraction of sp³-hybridized carbons (Fsp3) is 0.235. The van der Waals surface area contributed by atoms with E-state index < -0.39 is 6.10 Å². The van der Waals surface area contributed by atoms with E-state index in [1.807, 2.05) is 42.5 Å². The summed E-state index contributed by atoms with van der Waals surface area (Å²) in [4.78, 5) is 14.4. The second-order valence-electron chi connectivity index (χ2n) is 5.11. The predicted molar refractivity (Wildman–Crippen MR) is 88.4 cm³/mol. The molecule has 0 fully saturated rings. The number of hydrogen-bond donors (Lipinski definition) is 0. The van der Waals surface area contributed by atoms with E-state index in [0.29, 0.717) is 18.0 Å². The third-order valence-electron chi connectivity index (χ3n) is 3.64. The van der Waals surface area contributed by atoms with E-state index in [2.05, 4.69) is 15.9 Å². The first-order chi connectivity index (χ1) is 10.6. The van der Waals surface area contributed by atoms with Crippen molar-refractivity contribution in [3.05, 3.63) is 52.5 Å². The summed E-state index contributed by atoms with van der Waals surface area (Å²) in [5.74, 6) is 1.22. The van der Waals surface area contributed by atoms with Crippen LogP contribution < -0.4 is 14.4 Å². The maximum absolute atomic E-state index is 12.7. The molecule has 1 amide bonds. The second kappa shape index (κ2) is 6.01. The van der Waals surface area contributed by atoms with Crippen LogP contribution in [0.15, 0.2) is 46.9 Å². The summed E-state index contributed by atoms with van der Waals surface area (Å²) in [5.41, 5.74) is 1.77. The van der Waals surface area contributed by atoms with Gasteiger partial charge in [0.15, 0.2) is 17.6 Å². The van der Waals surface area contributed by atoms with Gasteiger partial charge in [-0.2, -0.15) is 0 Å². The van der Waals surface area contributed by atoms with E-state index >= 15 is 0 Å². The summed E-state index contributed by atoms with van der Waals surface area (Å²) in [5, 5.41) is 0. The fourth-order valence-electron chi connectivity index (χ4n) is 2.54. The lowest BCUT2D eigenvalue weighted by Gasteiger charge is -2.22. The number of carbonyl (C=O) groups is 1. The zero-order chi connectivity index (χ0) is 15.7. The minimum Gasteiger partial charge on any atom is -0.493 e. The van der Waals surface area contributed by atoms with E-state index in [1.54, 1.807) is 18.9 Å². The molecule has 2 aromatic rings. The van der Waals surface area contributed by atoms with Gasteiger partial charge in [-0.3, -0.25) is 4.79 Å². The summed E-state index contributed by atoms with van der Waals surface area (Å²) >= 11 is 3.45. The molecule has 1 atom stereocenters. The van der Waals surface area contributed by atoms with Gasteiger partial charge in [0.2, 0.25) is 0 Å². The van der Waals surface area contributed by atoms with Crippen LogP contribution in [0.5, 0.6) is 11.5 Å². The number of benzene rings is 2. The predicted octanol–water partition coefficient (Wildman–Crippen LogP) is 3.77. The Balaban J connectivity index is 2.07. The van der Waals surface area contributed by atoms with Crippen molar-refractivity contribution in [2.75, 3.05) is 12.0 Å². The molecule has 4 nitrogen and oxygen atoms in total. The number of nitrogens with zero attached hydrogens (tertiary/aromatic N) is 1. The van der Waals surface area contributed by atoms with E-state index in [4.69, 9.17) is 9.47 Å². The summed E-state index contributed by atoms with van der Waals surface area (Å²) in [6.07, 6.45) is -0.573. The van der Waals surface area contributed by atoms with Crippen molar-refractivity contribution in [3.63, 3.8) is 0 Å². The number of para-hydroxylation sites is 1. The van der Waals surface area contributed by atoms with Gasteiger partial charge >= 0.3 is 0 Å². The number of halogens is 1. The third-order valence-corrected chi connectivity index (χ3v) is 4.13. The Labute approximate surface area is 137 Å². The van der Waals surface area contributed by atoms with Crippen molar-refractivity contribution >= 4 is 27.5 Å². The Bertz CT molecular complexity index is 717. The smallest absolute Gasteiger partial charge is 0.268 e. The molecule has 1 aliphatic heterocycles. The van der Waals surface area contributed by atoms with Crippen LogP contribution in [0.2, 0.25) is 0 Å². The van der Waals surface area contributed by atoms with Crippen LogP contribution in [-0.4, -0.2) is 19.1 Å². The summed E-state index contributed by atoms with van der Waals surface area (Å²) in [6.45, 7) is 2.21. The van der Waals surface area contributed by atoms with Gasteiger partial charge in [0.25, 0.3) is 5.91 Å². The molecule has 22 heavy (non-hydrogen) atoms. The Hall–Kier alpha value is -2.01. The average molecular weight is 362 g/mol. The van der Waals surface area contributed by atoms with Crippen LogP contribution in [0.3, 0.4) is 0 Å². The lowest BCUT2D eigenvalue weighted by Crippen LogP contribution is -2.38. The molecule has 0 aromatic heterocycles. The lowest BCUT2D eigenvalue weighted by atomic mass is 10.1. The molecule has 0 unspecified atom stereocenters. The molecule has 3 rings (SSSR count). The molecule has 0 bridgehead atoms. The molecule has 1 heterocycles. The maximum Gasteiger partial charge on any atom is 0.268 e. The molecule has 0 spiro atoms. The first-order valence-electron chi connectivity index (χ1n) is 6.99. The fourth-order valence-corrected chi connectivity index (χ4v) is 2.92. The Morgan fingerprint density at radius 3 is 2.77 bits per heavy atom. The highest BCUT2D eigenvalue weighted by Crippen LogP contribution is 2.36. The number of anilines is 1. The largest absolute Gasteiger partial charge is 0.493 e. The normalized spacial score (nSPS) is 17.5. The highest BCUT2D eigenvalue weighted by molar-refractivity contribution is 9.10. The van der Waals surface area contributed by atoms with Gasteiger partial charge < -0.3 is 14.4 Å². The van der Waals surface area contributed by atoms with Crippen LogP contribution in [0.4, 0.5) is 5.69 Å². The van der Waals surface area contributed by atoms with E-state index in [0.717, 1.165) is 15.7 Å². The van der Waals surface area contributed by atoms with Gasteiger partial charge in [-0.15, -0.1) is 0 Å². The lowest BCUT2D eigenvalue weighted by molar-refractivity contribution is -0.124. The van der Waals surface area contributed by atoms with Crippen molar-refractivity contribution < 1.29 is 14.3 Å². The zero-order valence-corrected chi connectivity index (χ0v) is 14.0. The average Bonchev–Trinajstić information content (AvgIpc) is 2.64. The monoisotopic (exact) mass is 361 g/mol. The van der Waals surface area contributed by atoms with Gasteiger partial charge in [0, 0.05) is 15.7 Å². The number of amides is 1. The standard InChI is InChI=1S/C17H16BrNO3/c1-11-17(20)19(14-7-4-6-13(18)9-14)10-12-5-3-8-15(21-2)16(12)22-11/h3-9,11H,10H2,1-2H3/t11-/m0/s1. The second-order valence-corrected chi connectivity index (χ2v) is 6.03. The summed E-state index contributed by atoms with van der Waals surface area (Å²) in [6, 6.07) is 13.4. The van der Waals surface area contributed by atoms with E-state index in [1.165, 1.54) is 0 Å². The number of rotatable bonds is 2. The number of hydrogen-bond acceptors (Lipinski definition) is 3.